The zero-order chi connectivity index (χ0) is 30.1. The number of rotatable bonds is 9. The Hall–Kier alpha value is -3.61. The van der Waals surface area contributed by atoms with Crippen molar-refractivity contribution in [2.75, 3.05) is 11.4 Å². The van der Waals surface area contributed by atoms with Crippen LogP contribution in [-0.2, 0) is 6.54 Å². The smallest absolute Gasteiger partial charge is 0.434 e. The number of hydrogen-bond donors (Lipinski definition) is 1. The molecule has 0 saturated carbocycles. The van der Waals surface area contributed by atoms with Gasteiger partial charge in [0.05, 0.1) is 6.54 Å². The molecular formula is C27H26F9NO3. The largest absolute Gasteiger partial charge is 0.471 e. The van der Waals surface area contributed by atoms with Crippen molar-refractivity contribution in [1.29, 1.82) is 0 Å². The molecule has 0 heterocycles. The van der Waals surface area contributed by atoms with Crippen LogP contribution in [0.3, 0.4) is 0 Å². The second kappa shape index (κ2) is 13.6. The molecule has 0 radical (unpaired) electrons. The molecule has 0 fully saturated rings. The minimum Gasteiger partial charge on any atom is -0.471 e. The van der Waals surface area contributed by atoms with Crippen LogP contribution in [0.2, 0.25) is 0 Å². The predicted molar refractivity (Wildman–Crippen MR) is 130 cm³/mol. The Morgan fingerprint density at radius 2 is 1.23 bits per heavy atom. The standard InChI is InChI=1S/C25H20F9NO3.C2H6/c26-23(27,28)21(36)15-35(17-7-5-11-20(13-17)37-18-8-2-1-3-9-18)14-16-6-4-10-19(12-16)38-22(24(29,30)31)25(32,33)34;1-2/h1-13,21-22,36H,14-15H2;1-2H3. The average molecular weight is 583 g/mol. The van der Waals surface area contributed by atoms with Crippen LogP contribution < -0.4 is 14.4 Å². The normalized spacial score (nSPS) is 12.8. The minimum absolute atomic E-state index is 0.0226. The van der Waals surface area contributed by atoms with Crippen molar-refractivity contribution in [2.24, 2.45) is 0 Å². The summed E-state index contributed by atoms with van der Waals surface area (Å²) in [6.07, 6.45) is -23.4. The van der Waals surface area contributed by atoms with Crippen LogP contribution in [0.1, 0.15) is 19.4 Å². The summed E-state index contributed by atoms with van der Waals surface area (Å²) >= 11 is 0. The molecule has 0 spiro atoms. The summed E-state index contributed by atoms with van der Waals surface area (Å²) in [4.78, 5) is 1.06. The third kappa shape index (κ3) is 9.85. The van der Waals surface area contributed by atoms with Crippen LogP contribution in [-0.4, -0.2) is 42.4 Å². The summed E-state index contributed by atoms with van der Waals surface area (Å²) in [6, 6.07) is 18.3. The molecular weight excluding hydrogens is 557 g/mol. The number of nitrogens with zero attached hydrogens (tertiary/aromatic N) is 1. The first-order chi connectivity index (χ1) is 18.6. The number of anilines is 1. The number of benzene rings is 3. The maximum Gasteiger partial charge on any atom is 0.434 e. The lowest BCUT2D eigenvalue weighted by atomic mass is 10.1. The summed E-state index contributed by atoms with van der Waals surface area (Å²) in [5.74, 6) is -0.129. The highest BCUT2D eigenvalue weighted by Gasteiger charge is 2.59. The lowest BCUT2D eigenvalue weighted by Gasteiger charge is -2.29. The Morgan fingerprint density at radius 3 is 1.80 bits per heavy atom. The lowest BCUT2D eigenvalue weighted by Crippen LogP contribution is -2.46. The molecule has 0 aliphatic carbocycles. The van der Waals surface area contributed by atoms with Crippen LogP contribution in [0.5, 0.6) is 17.2 Å². The van der Waals surface area contributed by atoms with Crippen molar-refractivity contribution in [3.8, 4) is 17.2 Å². The van der Waals surface area contributed by atoms with Gasteiger partial charge in [0.15, 0.2) is 6.10 Å². The first-order valence-electron chi connectivity index (χ1n) is 11.8. The average Bonchev–Trinajstić information content (AvgIpc) is 2.87. The maximum atomic E-state index is 13.1. The van der Waals surface area contributed by atoms with Gasteiger partial charge in [0.25, 0.3) is 6.10 Å². The van der Waals surface area contributed by atoms with E-state index in [1.165, 1.54) is 30.3 Å². The Morgan fingerprint density at radius 1 is 0.675 bits per heavy atom. The van der Waals surface area contributed by atoms with Crippen LogP contribution in [0.25, 0.3) is 0 Å². The van der Waals surface area contributed by atoms with Gasteiger partial charge in [-0.2, -0.15) is 39.5 Å². The summed E-state index contributed by atoms with van der Waals surface area (Å²) < 4.78 is 127. The fraction of sp³-hybridized carbons (Fsp3) is 0.333. The van der Waals surface area contributed by atoms with E-state index in [1.54, 1.807) is 30.3 Å². The fourth-order valence-corrected chi connectivity index (χ4v) is 3.33. The highest BCUT2D eigenvalue weighted by molar-refractivity contribution is 5.52. The van der Waals surface area contributed by atoms with Crippen LogP contribution >= 0.6 is 0 Å². The first kappa shape index (κ1) is 32.6. The number of alkyl halides is 9. The molecule has 3 rings (SSSR count). The Kier molecular flexibility index (Phi) is 11.1. The molecule has 4 nitrogen and oxygen atoms in total. The first-order valence-corrected chi connectivity index (χ1v) is 11.8. The molecule has 0 amide bonds. The van der Waals surface area contributed by atoms with Crippen molar-refractivity contribution in [2.45, 2.75) is 51.1 Å². The molecule has 3 aromatic carbocycles. The maximum absolute atomic E-state index is 13.1. The van der Waals surface area contributed by atoms with E-state index in [9.17, 15) is 44.6 Å². The van der Waals surface area contributed by atoms with E-state index in [0.29, 0.717) is 5.75 Å². The van der Waals surface area contributed by atoms with Gasteiger partial charge in [-0.05, 0) is 42.0 Å². The van der Waals surface area contributed by atoms with Gasteiger partial charge < -0.3 is 19.5 Å². The second-order valence-corrected chi connectivity index (χ2v) is 8.08. The van der Waals surface area contributed by atoms with Gasteiger partial charge in [-0.15, -0.1) is 0 Å². The zero-order valence-electron chi connectivity index (χ0n) is 21.2. The molecule has 40 heavy (non-hydrogen) atoms. The van der Waals surface area contributed by atoms with E-state index >= 15 is 0 Å². The zero-order valence-corrected chi connectivity index (χ0v) is 21.2. The molecule has 0 aliphatic heterocycles. The van der Waals surface area contributed by atoms with Gasteiger partial charge in [0, 0.05) is 18.3 Å². The van der Waals surface area contributed by atoms with Crippen molar-refractivity contribution < 1.29 is 54.1 Å². The van der Waals surface area contributed by atoms with Crippen LogP contribution in [0.4, 0.5) is 45.2 Å². The van der Waals surface area contributed by atoms with Crippen molar-refractivity contribution in [3.63, 3.8) is 0 Å². The number of aliphatic hydroxyl groups is 1. The summed E-state index contributed by atoms with van der Waals surface area (Å²) in [7, 11) is 0. The van der Waals surface area contributed by atoms with Crippen LogP contribution in [0.15, 0.2) is 78.9 Å². The molecule has 0 bridgehead atoms. The van der Waals surface area contributed by atoms with Crippen molar-refractivity contribution in [3.05, 3.63) is 84.4 Å². The number of para-hydroxylation sites is 1. The monoisotopic (exact) mass is 583 g/mol. The Balaban J connectivity index is 0.00000274. The molecule has 0 aromatic heterocycles. The molecule has 1 atom stereocenters. The highest BCUT2D eigenvalue weighted by Crippen LogP contribution is 2.37. The second-order valence-electron chi connectivity index (χ2n) is 8.08. The Labute approximate surface area is 224 Å². The van der Waals surface area contributed by atoms with E-state index in [4.69, 9.17) is 4.74 Å². The molecule has 13 heteroatoms. The fourth-order valence-electron chi connectivity index (χ4n) is 3.33. The molecule has 0 saturated heterocycles. The van der Waals surface area contributed by atoms with Gasteiger partial charge in [0.1, 0.15) is 17.2 Å². The van der Waals surface area contributed by atoms with E-state index in [-0.39, 0.29) is 17.0 Å². The number of hydrogen-bond acceptors (Lipinski definition) is 4. The number of ether oxygens (including phenoxy) is 2. The number of halogens is 9. The molecule has 220 valence electrons. The highest BCUT2D eigenvalue weighted by atomic mass is 19.4. The van der Waals surface area contributed by atoms with Crippen molar-refractivity contribution in [1.82, 2.24) is 0 Å². The third-order valence-electron chi connectivity index (χ3n) is 5.05. The molecule has 1 N–H and O–H groups in total. The van der Waals surface area contributed by atoms with E-state index in [0.717, 1.165) is 23.1 Å². The number of aliphatic hydroxyl groups excluding tert-OH is 1. The summed E-state index contributed by atoms with van der Waals surface area (Å²) in [5, 5.41) is 9.68. The lowest BCUT2D eigenvalue weighted by molar-refractivity contribution is -0.299. The van der Waals surface area contributed by atoms with Gasteiger partial charge >= 0.3 is 18.5 Å². The van der Waals surface area contributed by atoms with E-state index < -0.39 is 49.6 Å². The SMILES string of the molecule is CC.OC(CN(Cc1cccc(OC(C(F)(F)F)C(F)(F)F)c1)c1cccc(Oc2ccccc2)c1)C(F)(F)F. The van der Waals surface area contributed by atoms with Crippen LogP contribution in [0, 0.1) is 0 Å². The predicted octanol–water partition coefficient (Wildman–Crippen LogP) is 8.31. The minimum atomic E-state index is -5.75. The van der Waals surface area contributed by atoms with Gasteiger partial charge in [-0.25, -0.2) is 0 Å². The molecule has 3 aromatic rings. The summed E-state index contributed by atoms with van der Waals surface area (Å²) in [6.45, 7) is 2.58. The van der Waals surface area contributed by atoms with E-state index in [2.05, 4.69) is 4.74 Å². The molecule has 0 aliphatic rings. The Bertz CT molecular complexity index is 1170. The summed E-state index contributed by atoms with van der Waals surface area (Å²) in [5.41, 5.74) is 0.158. The topological polar surface area (TPSA) is 41.9 Å². The van der Waals surface area contributed by atoms with Crippen molar-refractivity contribution >= 4 is 5.69 Å². The third-order valence-corrected chi connectivity index (χ3v) is 5.05. The quantitative estimate of drug-likeness (QED) is 0.258. The van der Waals surface area contributed by atoms with E-state index in [1.807, 2.05) is 13.8 Å². The van der Waals surface area contributed by atoms with Gasteiger partial charge in [0.2, 0.25) is 0 Å². The molecule has 1 unspecified atom stereocenters. The van der Waals surface area contributed by atoms with Gasteiger partial charge in [-0.1, -0.05) is 50.2 Å². The van der Waals surface area contributed by atoms with Gasteiger partial charge in [-0.3, -0.25) is 0 Å².